The van der Waals surface area contributed by atoms with Gasteiger partial charge in [-0.05, 0) is 74.2 Å². The summed E-state index contributed by atoms with van der Waals surface area (Å²) >= 11 is 0. The summed E-state index contributed by atoms with van der Waals surface area (Å²) in [6.45, 7) is 19.3. The van der Waals surface area contributed by atoms with E-state index in [0.29, 0.717) is 23.0 Å². The zero-order valence-electron chi connectivity index (χ0n) is 29.4. The van der Waals surface area contributed by atoms with Crippen LogP contribution >= 0.6 is 15.2 Å². The van der Waals surface area contributed by atoms with Gasteiger partial charge in [0, 0.05) is 0 Å². The van der Waals surface area contributed by atoms with Crippen LogP contribution in [0.3, 0.4) is 0 Å². The van der Waals surface area contributed by atoms with Crippen LogP contribution in [0.2, 0.25) is 0 Å². The summed E-state index contributed by atoms with van der Waals surface area (Å²) in [5.74, 6) is 2.34. The molecule has 0 amide bonds. The Morgan fingerprint density at radius 3 is 0.717 bits per heavy atom. The third-order valence-corrected chi connectivity index (χ3v) is 8.54. The van der Waals surface area contributed by atoms with Gasteiger partial charge in [0.15, 0.2) is 0 Å². The summed E-state index contributed by atoms with van der Waals surface area (Å²) in [6, 6.07) is 29.8. The molecule has 4 rings (SSSR count). The van der Waals surface area contributed by atoms with E-state index in [2.05, 4.69) is 27.7 Å². The first kappa shape index (κ1) is 40.6. The van der Waals surface area contributed by atoms with E-state index in [1.807, 2.05) is 100 Å². The van der Waals surface area contributed by atoms with Crippen LogP contribution in [-0.4, -0.2) is 13.3 Å². The Bertz CT molecular complexity index is 1310. The molecule has 0 saturated heterocycles. The molecule has 0 N–H and O–H groups in total. The van der Waals surface area contributed by atoms with Crippen molar-refractivity contribution in [2.24, 2.45) is 0 Å². The predicted molar refractivity (Wildman–Crippen MR) is 195 cm³/mol. The van der Waals surface area contributed by atoms with Gasteiger partial charge < -0.3 is 18.1 Å². The normalized spacial score (nSPS) is 10.5. The van der Waals surface area contributed by atoms with E-state index in [1.165, 1.54) is 39.0 Å². The molecule has 4 aromatic carbocycles. The minimum absolute atomic E-state index is 0.585. The Kier molecular flexibility index (Phi) is 18.8. The lowest BCUT2D eigenvalue weighted by Crippen LogP contribution is -2.01. The van der Waals surface area contributed by atoms with Crippen LogP contribution in [0.15, 0.2) is 97.1 Å². The van der Waals surface area contributed by atoms with E-state index in [4.69, 9.17) is 18.1 Å². The zero-order chi connectivity index (χ0) is 34.6. The number of rotatable bonds is 10. The number of unbranched alkanes of at least 4 members (excludes halogenated alkanes) is 2. The summed E-state index contributed by atoms with van der Waals surface area (Å²) in [5, 5.41) is 0. The lowest BCUT2D eigenvalue weighted by molar-refractivity contribution is 0.390. The van der Waals surface area contributed by atoms with Crippen LogP contribution in [0.5, 0.6) is 23.0 Å². The second-order valence-corrected chi connectivity index (χ2v) is 14.8. The van der Waals surface area contributed by atoms with Crippen molar-refractivity contribution in [2.75, 3.05) is 13.3 Å². The smallest absolute Gasteiger partial charge is 0.416 e. The van der Waals surface area contributed by atoms with Crippen LogP contribution in [-0.2, 0) is 9.13 Å². The van der Waals surface area contributed by atoms with Crippen molar-refractivity contribution in [3.63, 3.8) is 0 Å². The molecule has 0 aliphatic rings. The van der Waals surface area contributed by atoms with E-state index in [0.717, 1.165) is 22.3 Å². The largest absolute Gasteiger partial charge is 0.427 e. The van der Waals surface area contributed by atoms with E-state index < -0.39 is 15.2 Å². The first-order valence-electron chi connectivity index (χ1n) is 15.9. The van der Waals surface area contributed by atoms with Gasteiger partial charge in [-0.3, -0.25) is 0 Å². The molecule has 8 heteroatoms. The fourth-order valence-electron chi connectivity index (χ4n) is 3.39. The van der Waals surface area contributed by atoms with Gasteiger partial charge in [0.2, 0.25) is 0 Å². The lowest BCUT2D eigenvalue weighted by atomic mass is 10.2. The van der Waals surface area contributed by atoms with Gasteiger partial charge in [0.1, 0.15) is 23.0 Å². The maximum Gasteiger partial charge on any atom is 0.427 e. The highest BCUT2D eigenvalue weighted by Gasteiger charge is 2.23. The maximum atomic E-state index is 12.4. The van der Waals surface area contributed by atoms with Gasteiger partial charge in [-0.1, -0.05) is 126 Å². The average Bonchev–Trinajstić information content (AvgIpc) is 3.02. The molecule has 0 radical (unpaired) electrons. The summed E-state index contributed by atoms with van der Waals surface area (Å²) in [6.07, 6.45) is 5.28. The van der Waals surface area contributed by atoms with E-state index in [1.54, 1.807) is 24.3 Å². The molecule has 0 saturated carbocycles. The average molecular weight is 669 g/mol. The number of hydrogen-bond acceptors (Lipinski definition) is 6. The quantitative estimate of drug-likeness (QED) is 0.157. The van der Waals surface area contributed by atoms with Gasteiger partial charge in [-0.2, -0.15) is 0 Å². The van der Waals surface area contributed by atoms with Crippen molar-refractivity contribution in [3.05, 3.63) is 119 Å². The van der Waals surface area contributed by atoms with Gasteiger partial charge in [-0.15, -0.1) is 0 Å². The van der Waals surface area contributed by atoms with Gasteiger partial charge >= 0.3 is 15.2 Å². The topological polar surface area (TPSA) is 71.1 Å². The van der Waals surface area contributed by atoms with Crippen molar-refractivity contribution in [2.45, 2.75) is 81.1 Å². The van der Waals surface area contributed by atoms with Crippen LogP contribution < -0.4 is 18.1 Å². The third-order valence-electron chi connectivity index (χ3n) is 6.43. The Hall–Kier alpha value is -3.46. The molecule has 0 fully saturated rings. The number of benzene rings is 4. The van der Waals surface area contributed by atoms with Crippen molar-refractivity contribution in [3.8, 4) is 23.0 Å². The molecule has 0 spiro atoms. The van der Waals surface area contributed by atoms with Crippen molar-refractivity contribution >= 4 is 15.2 Å². The van der Waals surface area contributed by atoms with Crippen LogP contribution in [0.1, 0.15) is 75.6 Å². The molecule has 0 atom stereocenters. The highest BCUT2D eigenvalue weighted by atomic mass is 31.2. The SMILES string of the molecule is CCCC.CCCC.Cc1ccccc1OP(C)(=O)Oc1ccccc1C.Cc1ccccc1OP(C)(=O)Oc1ccccc1C. The summed E-state index contributed by atoms with van der Waals surface area (Å²) < 4.78 is 46.9. The standard InChI is InChI=1S/2C15H17O3P.2C4H10/c2*1-12-8-4-6-10-14(12)17-19(3,16)18-15-11-7-5-9-13(15)2;2*1-3-4-2/h2*4-11H,1-3H3;2*3-4H2,1-2H3. The lowest BCUT2D eigenvalue weighted by Gasteiger charge is -2.18. The first-order valence-corrected chi connectivity index (χ1v) is 19.9. The molecule has 46 heavy (non-hydrogen) atoms. The molecule has 0 aliphatic carbocycles. The van der Waals surface area contributed by atoms with E-state index in [9.17, 15) is 9.13 Å². The maximum absolute atomic E-state index is 12.4. The Morgan fingerprint density at radius 2 is 0.565 bits per heavy atom. The molecule has 0 unspecified atom stereocenters. The van der Waals surface area contributed by atoms with Gasteiger partial charge in [-0.25, -0.2) is 9.13 Å². The van der Waals surface area contributed by atoms with Crippen molar-refractivity contribution < 1.29 is 27.2 Å². The predicted octanol–water partition coefficient (Wildman–Crippen LogP) is 12.8. The van der Waals surface area contributed by atoms with E-state index >= 15 is 0 Å². The first-order chi connectivity index (χ1) is 21.8. The molecule has 6 nitrogen and oxygen atoms in total. The Balaban J connectivity index is 0.000000374. The molecule has 0 aliphatic heterocycles. The van der Waals surface area contributed by atoms with Crippen LogP contribution in [0.4, 0.5) is 0 Å². The highest BCUT2D eigenvalue weighted by Crippen LogP contribution is 2.47. The molecule has 0 bridgehead atoms. The van der Waals surface area contributed by atoms with Gasteiger partial charge in [0.05, 0.1) is 13.3 Å². The Labute approximate surface area is 278 Å². The minimum atomic E-state index is -3.19. The molecule has 0 heterocycles. The molecule has 4 aromatic rings. The molecular formula is C38H54O6P2. The summed E-state index contributed by atoms with van der Waals surface area (Å²) in [5.41, 5.74) is 3.71. The second-order valence-electron chi connectivity index (χ2n) is 11.0. The fourth-order valence-corrected chi connectivity index (χ4v) is 5.71. The second kappa shape index (κ2) is 21.4. The number of aryl methyl sites for hydroxylation is 4. The summed E-state index contributed by atoms with van der Waals surface area (Å²) in [4.78, 5) is 0. The minimum Gasteiger partial charge on any atom is -0.416 e. The molecular weight excluding hydrogens is 614 g/mol. The van der Waals surface area contributed by atoms with Gasteiger partial charge in [0.25, 0.3) is 0 Å². The van der Waals surface area contributed by atoms with Crippen molar-refractivity contribution in [1.29, 1.82) is 0 Å². The fraction of sp³-hybridized carbons (Fsp3) is 0.368. The zero-order valence-corrected chi connectivity index (χ0v) is 31.2. The summed E-state index contributed by atoms with van der Waals surface area (Å²) in [7, 11) is -6.38. The number of para-hydroxylation sites is 4. The molecule has 252 valence electrons. The van der Waals surface area contributed by atoms with Crippen LogP contribution in [0, 0.1) is 27.7 Å². The van der Waals surface area contributed by atoms with Crippen LogP contribution in [0.25, 0.3) is 0 Å². The van der Waals surface area contributed by atoms with Crippen molar-refractivity contribution in [1.82, 2.24) is 0 Å². The van der Waals surface area contributed by atoms with E-state index in [-0.39, 0.29) is 0 Å². The highest BCUT2D eigenvalue weighted by molar-refractivity contribution is 7.54. The third kappa shape index (κ3) is 16.2. The number of hydrogen-bond donors (Lipinski definition) is 0. The molecule has 0 aromatic heterocycles. The monoisotopic (exact) mass is 668 g/mol. The Morgan fingerprint density at radius 1 is 0.391 bits per heavy atom.